The van der Waals surface area contributed by atoms with E-state index in [0.29, 0.717) is 18.4 Å². The molecule has 4 heteroatoms. The maximum Gasteiger partial charge on any atom is 0.213 e. The lowest BCUT2D eigenvalue weighted by atomic mass is 9.89. The Kier molecular flexibility index (Phi) is 7.55. The standard InChI is InChI=1S/C23H32N2O2/c1-7-18(15(4)12-13-26)20-14-16(5)23(24-17(20)6)19-10-11-22(27-9-3)25-21(19)8-2/h7,10-11,14-15,26H,8-9,12-13H2,1-6H3/b18-7-/t15-/m1/s1. The predicted molar refractivity (Wildman–Crippen MR) is 112 cm³/mol. The lowest BCUT2D eigenvalue weighted by Gasteiger charge is -2.19. The van der Waals surface area contributed by atoms with Gasteiger partial charge in [-0.25, -0.2) is 4.98 Å². The van der Waals surface area contributed by atoms with E-state index in [9.17, 15) is 5.11 Å². The van der Waals surface area contributed by atoms with Crippen LogP contribution >= 0.6 is 0 Å². The zero-order valence-electron chi connectivity index (χ0n) is 17.5. The van der Waals surface area contributed by atoms with Gasteiger partial charge in [0.2, 0.25) is 5.88 Å². The van der Waals surface area contributed by atoms with Crippen LogP contribution in [0.2, 0.25) is 0 Å². The third-order valence-electron chi connectivity index (χ3n) is 4.95. The van der Waals surface area contributed by atoms with E-state index in [4.69, 9.17) is 9.72 Å². The third-order valence-corrected chi connectivity index (χ3v) is 4.95. The maximum absolute atomic E-state index is 9.30. The highest BCUT2D eigenvalue weighted by atomic mass is 16.5. The molecule has 0 radical (unpaired) electrons. The minimum atomic E-state index is 0.194. The molecule has 0 aromatic carbocycles. The molecule has 2 aromatic heterocycles. The molecule has 2 heterocycles. The quantitative estimate of drug-likeness (QED) is 0.700. The lowest BCUT2D eigenvalue weighted by molar-refractivity contribution is 0.276. The predicted octanol–water partition coefficient (Wildman–Crippen LogP) is 5.14. The number of pyridine rings is 2. The van der Waals surface area contributed by atoms with Crippen molar-refractivity contribution in [1.82, 2.24) is 9.97 Å². The van der Waals surface area contributed by atoms with Gasteiger partial charge in [0, 0.05) is 23.9 Å². The average molecular weight is 369 g/mol. The fourth-order valence-electron chi connectivity index (χ4n) is 3.52. The molecule has 27 heavy (non-hydrogen) atoms. The molecule has 0 aliphatic heterocycles. The number of nitrogens with zero attached hydrogens (tertiary/aromatic N) is 2. The molecule has 0 unspecified atom stereocenters. The SMILES string of the molecule is C/C=C(\c1cc(C)c(-c2ccc(OCC)nc2CC)nc1C)[C@H](C)CCO. The van der Waals surface area contributed by atoms with E-state index in [0.717, 1.165) is 46.6 Å². The zero-order valence-corrected chi connectivity index (χ0v) is 17.5. The summed E-state index contributed by atoms with van der Waals surface area (Å²) in [5.41, 5.74) is 7.59. The summed E-state index contributed by atoms with van der Waals surface area (Å²) in [5.74, 6) is 0.960. The second-order valence-electron chi connectivity index (χ2n) is 6.87. The van der Waals surface area contributed by atoms with Crippen LogP contribution in [0, 0.1) is 19.8 Å². The number of rotatable bonds is 8. The molecule has 0 amide bonds. The smallest absolute Gasteiger partial charge is 0.213 e. The first kappa shape index (κ1) is 21.1. The highest BCUT2D eigenvalue weighted by Gasteiger charge is 2.17. The second-order valence-corrected chi connectivity index (χ2v) is 6.87. The number of allylic oxidation sites excluding steroid dienone is 2. The third kappa shape index (κ3) is 4.75. The van der Waals surface area contributed by atoms with E-state index >= 15 is 0 Å². The van der Waals surface area contributed by atoms with Gasteiger partial charge in [0.15, 0.2) is 0 Å². The molecule has 0 fully saturated rings. The lowest BCUT2D eigenvalue weighted by Crippen LogP contribution is -2.06. The van der Waals surface area contributed by atoms with Crippen molar-refractivity contribution < 1.29 is 9.84 Å². The minimum absolute atomic E-state index is 0.194. The number of hydrogen-bond acceptors (Lipinski definition) is 4. The Hall–Kier alpha value is -2.20. The molecule has 0 saturated carbocycles. The molecule has 146 valence electrons. The number of aliphatic hydroxyl groups is 1. The molecule has 1 atom stereocenters. The fourth-order valence-corrected chi connectivity index (χ4v) is 3.52. The van der Waals surface area contributed by atoms with Crippen LogP contribution in [0.1, 0.15) is 56.6 Å². The normalized spacial score (nSPS) is 12.9. The van der Waals surface area contributed by atoms with Gasteiger partial charge in [-0.3, -0.25) is 4.98 Å². The van der Waals surface area contributed by atoms with E-state index in [1.165, 1.54) is 5.57 Å². The van der Waals surface area contributed by atoms with E-state index < -0.39 is 0 Å². The van der Waals surface area contributed by atoms with Crippen molar-refractivity contribution in [2.45, 2.75) is 54.4 Å². The van der Waals surface area contributed by atoms with E-state index in [1.807, 2.05) is 13.0 Å². The highest BCUT2D eigenvalue weighted by molar-refractivity contribution is 5.73. The molecule has 2 aromatic rings. The van der Waals surface area contributed by atoms with E-state index in [-0.39, 0.29) is 6.61 Å². The maximum atomic E-state index is 9.30. The van der Waals surface area contributed by atoms with Crippen molar-refractivity contribution in [2.75, 3.05) is 13.2 Å². The number of aromatic nitrogens is 2. The monoisotopic (exact) mass is 368 g/mol. The molecule has 0 aliphatic rings. The van der Waals surface area contributed by atoms with Gasteiger partial charge < -0.3 is 9.84 Å². The van der Waals surface area contributed by atoms with Crippen molar-refractivity contribution in [3.05, 3.63) is 46.8 Å². The Morgan fingerprint density at radius 1 is 1.22 bits per heavy atom. The van der Waals surface area contributed by atoms with Crippen LogP contribution in [-0.4, -0.2) is 28.3 Å². The van der Waals surface area contributed by atoms with Gasteiger partial charge in [0.1, 0.15) is 0 Å². The molecule has 2 rings (SSSR count). The Bertz CT molecular complexity index is 812. The van der Waals surface area contributed by atoms with Gasteiger partial charge in [-0.2, -0.15) is 0 Å². The molecule has 0 bridgehead atoms. The first-order valence-corrected chi connectivity index (χ1v) is 9.85. The van der Waals surface area contributed by atoms with E-state index in [2.05, 4.69) is 57.8 Å². The Morgan fingerprint density at radius 2 is 1.96 bits per heavy atom. The van der Waals surface area contributed by atoms with Crippen molar-refractivity contribution in [2.24, 2.45) is 5.92 Å². The molecular formula is C23H32N2O2. The summed E-state index contributed by atoms with van der Waals surface area (Å²) in [7, 11) is 0. The van der Waals surface area contributed by atoms with Gasteiger partial charge in [-0.15, -0.1) is 0 Å². The molecular weight excluding hydrogens is 336 g/mol. The summed E-state index contributed by atoms with van der Waals surface area (Å²) in [6, 6.07) is 6.20. The van der Waals surface area contributed by atoms with Crippen LogP contribution in [0.3, 0.4) is 0 Å². The molecule has 1 N–H and O–H groups in total. The topological polar surface area (TPSA) is 55.2 Å². The average Bonchev–Trinajstić information content (AvgIpc) is 2.65. The van der Waals surface area contributed by atoms with Crippen LogP contribution in [0.25, 0.3) is 16.8 Å². The zero-order chi connectivity index (χ0) is 20.0. The van der Waals surface area contributed by atoms with Crippen LogP contribution in [0.15, 0.2) is 24.3 Å². The molecule has 4 nitrogen and oxygen atoms in total. The Balaban J connectivity index is 2.51. The summed E-state index contributed by atoms with van der Waals surface area (Å²) in [5, 5.41) is 9.30. The minimum Gasteiger partial charge on any atom is -0.478 e. The second kappa shape index (κ2) is 9.65. The van der Waals surface area contributed by atoms with Gasteiger partial charge in [0.05, 0.1) is 18.0 Å². The van der Waals surface area contributed by atoms with Gasteiger partial charge in [0.25, 0.3) is 0 Å². The van der Waals surface area contributed by atoms with Gasteiger partial charge in [-0.05, 0) is 75.3 Å². The van der Waals surface area contributed by atoms with Crippen molar-refractivity contribution in [3.63, 3.8) is 0 Å². The Morgan fingerprint density at radius 3 is 2.56 bits per heavy atom. The van der Waals surface area contributed by atoms with Gasteiger partial charge >= 0.3 is 0 Å². The molecule has 0 aliphatic carbocycles. The Labute approximate surface area is 163 Å². The number of aliphatic hydroxyl groups excluding tert-OH is 1. The largest absolute Gasteiger partial charge is 0.478 e. The highest BCUT2D eigenvalue weighted by Crippen LogP contribution is 2.33. The first-order valence-electron chi connectivity index (χ1n) is 9.85. The fraction of sp³-hybridized carbons (Fsp3) is 0.478. The van der Waals surface area contributed by atoms with Crippen molar-refractivity contribution >= 4 is 5.57 Å². The van der Waals surface area contributed by atoms with Gasteiger partial charge in [-0.1, -0.05) is 19.9 Å². The first-order chi connectivity index (χ1) is 13.0. The summed E-state index contributed by atoms with van der Waals surface area (Å²) >= 11 is 0. The van der Waals surface area contributed by atoms with Crippen LogP contribution in [-0.2, 0) is 6.42 Å². The summed E-state index contributed by atoms with van der Waals surface area (Å²) in [4.78, 5) is 9.61. The van der Waals surface area contributed by atoms with Crippen LogP contribution in [0.5, 0.6) is 5.88 Å². The molecule has 0 spiro atoms. The summed E-state index contributed by atoms with van der Waals surface area (Å²) in [6.45, 7) is 13.2. The van der Waals surface area contributed by atoms with E-state index in [1.54, 1.807) is 0 Å². The van der Waals surface area contributed by atoms with Crippen LogP contribution in [0.4, 0.5) is 0 Å². The van der Waals surface area contributed by atoms with Crippen molar-refractivity contribution in [1.29, 1.82) is 0 Å². The van der Waals surface area contributed by atoms with Crippen LogP contribution < -0.4 is 4.74 Å². The number of hydrogen-bond donors (Lipinski definition) is 1. The summed E-state index contributed by atoms with van der Waals surface area (Å²) < 4.78 is 5.55. The summed E-state index contributed by atoms with van der Waals surface area (Å²) in [6.07, 6.45) is 3.72. The molecule has 0 saturated heterocycles. The van der Waals surface area contributed by atoms with Crippen molar-refractivity contribution in [3.8, 4) is 17.1 Å². The number of ether oxygens (including phenoxy) is 1. The number of aryl methyl sites for hydroxylation is 3.